The number of hydrogen-bond acceptors (Lipinski definition) is 5. The van der Waals surface area contributed by atoms with Gasteiger partial charge in [0, 0.05) is 10.9 Å². The fraction of sp³-hybridized carbons (Fsp3) is 0.636. The zero-order valence-corrected chi connectivity index (χ0v) is 10.0. The van der Waals surface area contributed by atoms with Crippen molar-refractivity contribution in [2.45, 2.75) is 17.5 Å². The molecule has 0 bridgehead atoms. The number of thiophene rings is 1. The van der Waals surface area contributed by atoms with Crippen LogP contribution in [0.5, 0.6) is 0 Å². The minimum atomic E-state index is -3.41. The van der Waals surface area contributed by atoms with Gasteiger partial charge in [0.2, 0.25) is 0 Å². The lowest BCUT2D eigenvalue weighted by molar-refractivity contribution is -0.387. The van der Waals surface area contributed by atoms with Crippen LogP contribution in [-0.2, 0) is 30.5 Å². The van der Waals surface area contributed by atoms with E-state index < -0.39 is 17.5 Å². The topological polar surface area (TPSA) is 36.9 Å². The third-order valence-electron chi connectivity index (χ3n) is 3.48. The first-order valence-electron chi connectivity index (χ1n) is 5.58. The van der Waals surface area contributed by atoms with E-state index in [1.165, 1.54) is 6.07 Å². The molecule has 2 aliphatic heterocycles. The van der Waals surface area contributed by atoms with Crippen molar-refractivity contribution in [1.29, 1.82) is 0 Å². The molecule has 1 aromatic rings. The summed E-state index contributed by atoms with van der Waals surface area (Å²) in [5.41, 5.74) is 0.275. The molecule has 0 atom stereocenters. The minimum Gasteiger partial charge on any atom is -0.339 e. The van der Waals surface area contributed by atoms with E-state index >= 15 is 0 Å². The van der Waals surface area contributed by atoms with Crippen molar-refractivity contribution in [3.63, 3.8) is 0 Å². The molecule has 2 fully saturated rings. The molecule has 2 saturated heterocycles. The molecule has 3 aliphatic rings. The van der Waals surface area contributed by atoms with Gasteiger partial charge in [-0.3, -0.25) is 0 Å². The Labute approximate surface area is 105 Å². The molecular formula is C11H9F2O4S. The summed E-state index contributed by atoms with van der Waals surface area (Å²) in [6.07, 6.45) is 0. The highest BCUT2D eigenvalue weighted by molar-refractivity contribution is 7.09. The summed E-state index contributed by atoms with van der Waals surface area (Å²) >= 11 is 1.06. The Morgan fingerprint density at radius 1 is 1.00 bits per heavy atom. The Kier molecular flexibility index (Phi) is 2.05. The molecule has 3 heterocycles. The van der Waals surface area contributed by atoms with E-state index in [4.69, 9.17) is 18.9 Å². The quantitative estimate of drug-likeness (QED) is 0.720. The van der Waals surface area contributed by atoms with E-state index in [9.17, 15) is 8.78 Å². The first-order chi connectivity index (χ1) is 8.64. The number of fused-ring (bicyclic) bond motifs is 3. The van der Waals surface area contributed by atoms with Crippen LogP contribution in [-0.4, -0.2) is 32.4 Å². The first-order valence-corrected chi connectivity index (χ1v) is 6.40. The SMILES string of the molecule is FC1(F)C2(OCCO2)c2c[c]sc2C12OCCO2. The molecule has 4 nitrogen and oxygen atoms in total. The van der Waals surface area contributed by atoms with Crippen molar-refractivity contribution in [3.05, 3.63) is 21.9 Å². The summed E-state index contributed by atoms with van der Waals surface area (Å²) < 4.78 is 50.5. The molecule has 0 aromatic carbocycles. The van der Waals surface area contributed by atoms with E-state index in [1.54, 1.807) is 0 Å². The lowest BCUT2D eigenvalue weighted by Gasteiger charge is -2.35. The minimum absolute atomic E-state index is 0.126. The number of ether oxygens (including phenoxy) is 4. The van der Waals surface area contributed by atoms with Crippen molar-refractivity contribution < 1.29 is 27.7 Å². The van der Waals surface area contributed by atoms with E-state index in [0.717, 1.165) is 11.3 Å². The average molecular weight is 275 g/mol. The monoisotopic (exact) mass is 275 g/mol. The summed E-state index contributed by atoms with van der Waals surface area (Å²) in [6, 6.07) is 1.47. The molecule has 1 aromatic heterocycles. The van der Waals surface area contributed by atoms with Crippen LogP contribution < -0.4 is 0 Å². The Hall–Kier alpha value is -0.600. The standard InChI is InChI=1S/C11H9F2O4S/c12-11(13)9(14-2-3-15-9)7-1-6-18-8(7)10(11)16-4-5-17-10/h1H,2-5H2. The number of hydrogen-bond donors (Lipinski definition) is 0. The summed E-state index contributed by atoms with van der Waals surface area (Å²) in [5.74, 6) is -7.57. The second kappa shape index (κ2) is 3.29. The van der Waals surface area contributed by atoms with Crippen molar-refractivity contribution in [2.24, 2.45) is 0 Å². The molecule has 0 amide bonds. The van der Waals surface area contributed by atoms with Gasteiger partial charge in [-0.1, -0.05) is 0 Å². The highest BCUT2D eigenvalue weighted by atomic mass is 32.1. The Balaban J connectivity index is 1.98. The zero-order valence-electron chi connectivity index (χ0n) is 9.20. The zero-order chi connectivity index (χ0) is 12.4. The summed E-state index contributed by atoms with van der Waals surface area (Å²) in [7, 11) is 0. The van der Waals surface area contributed by atoms with E-state index in [1.807, 2.05) is 0 Å². The van der Waals surface area contributed by atoms with Gasteiger partial charge in [-0.25, -0.2) is 0 Å². The normalized spacial score (nSPS) is 30.3. The average Bonchev–Trinajstić information content (AvgIpc) is 3.10. The van der Waals surface area contributed by atoms with Crippen LogP contribution in [0.4, 0.5) is 8.78 Å². The van der Waals surface area contributed by atoms with Crippen LogP contribution in [0.1, 0.15) is 10.4 Å². The van der Waals surface area contributed by atoms with Crippen molar-refractivity contribution in [3.8, 4) is 0 Å². The smallest absolute Gasteiger partial charge is 0.339 e. The van der Waals surface area contributed by atoms with Crippen LogP contribution in [0.3, 0.4) is 0 Å². The number of alkyl halides is 2. The lowest BCUT2D eigenvalue weighted by atomic mass is 10.1. The molecule has 18 heavy (non-hydrogen) atoms. The maximum atomic E-state index is 14.8. The van der Waals surface area contributed by atoms with Crippen LogP contribution >= 0.6 is 11.3 Å². The second-order valence-electron chi connectivity index (χ2n) is 4.31. The predicted molar refractivity (Wildman–Crippen MR) is 55.3 cm³/mol. The fourth-order valence-corrected chi connectivity index (χ4v) is 3.74. The van der Waals surface area contributed by atoms with Gasteiger partial charge >= 0.3 is 5.92 Å². The van der Waals surface area contributed by atoms with Gasteiger partial charge in [0.05, 0.1) is 31.3 Å². The van der Waals surface area contributed by atoms with E-state index in [-0.39, 0.29) is 32.0 Å². The van der Waals surface area contributed by atoms with E-state index in [2.05, 4.69) is 5.38 Å². The molecule has 0 unspecified atom stereocenters. The molecular weight excluding hydrogens is 266 g/mol. The molecule has 97 valence electrons. The van der Waals surface area contributed by atoms with Crippen molar-refractivity contribution in [2.75, 3.05) is 26.4 Å². The van der Waals surface area contributed by atoms with Gasteiger partial charge in [0.15, 0.2) is 0 Å². The Morgan fingerprint density at radius 2 is 1.56 bits per heavy atom. The van der Waals surface area contributed by atoms with Gasteiger partial charge < -0.3 is 18.9 Å². The van der Waals surface area contributed by atoms with Crippen LogP contribution in [0, 0.1) is 5.38 Å². The van der Waals surface area contributed by atoms with Crippen LogP contribution in [0.15, 0.2) is 6.07 Å². The highest BCUT2D eigenvalue weighted by Gasteiger charge is 2.81. The molecule has 0 N–H and O–H groups in total. The Morgan fingerprint density at radius 3 is 2.17 bits per heavy atom. The molecule has 1 aliphatic carbocycles. The van der Waals surface area contributed by atoms with Crippen LogP contribution in [0.2, 0.25) is 0 Å². The van der Waals surface area contributed by atoms with Crippen molar-refractivity contribution in [1.82, 2.24) is 0 Å². The lowest BCUT2D eigenvalue weighted by Crippen LogP contribution is -2.54. The van der Waals surface area contributed by atoms with Crippen LogP contribution in [0.25, 0.3) is 0 Å². The van der Waals surface area contributed by atoms with Gasteiger partial charge in [-0.2, -0.15) is 8.78 Å². The summed E-state index contributed by atoms with van der Waals surface area (Å²) in [5, 5.41) is 2.83. The van der Waals surface area contributed by atoms with E-state index in [0.29, 0.717) is 4.88 Å². The van der Waals surface area contributed by atoms with Gasteiger partial charge in [-0.15, -0.1) is 11.3 Å². The highest BCUT2D eigenvalue weighted by Crippen LogP contribution is 2.65. The number of halogens is 2. The number of rotatable bonds is 0. The molecule has 2 spiro atoms. The van der Waals surface area contributed by atoms with Gasteiger partial charge in [0.1, 0.15) is 0 Å². The second-order valence-corrected chi connectivity index (χ2v) is 5.16. The third-order valence-corrected chi connectivity index (χ3v) is 4.41. The molecule has 4 rings (SSSR count). The fourth-order valence-electron chi connectivity index (χ4n) is 2.76. The summed E-state index contributed by atoms with van der Waals surface area (Å²) in [4.78, 5) is 0.298. The van der Waals surface area contributed by atoms with Crippen molar-refractivity contribution >= 4 is 11.3 Å². The maximum Gasteiger partial charge on any atom is 0.363 e. The summed E-state index contributed by atoms with van der Waals surface area (Å²) in [6.45, 7) is 0.508. The Bertz CT molecular complexity index is 448. The molecule has 7 heteroatoms. The predicted octanol–water partition coefficient (Wildman–Crippen LogP) is 1.60. The third kappa shape index (κ3) is 0.969. The van der Waals surface area contributed by atoms with Gasteiger partial charge in [0.25, 0.3) is 11.6 Å². The molecule has 1 radical (unpaired) electrons. The largest absolute Gasteiger partial charge is 0.363 e. The maximum absolute atomic E-state index is 14.8. The first kappa shape index (κ1) is 11.2. The van der Waals surface area contributed by atoms with Gasteiger partial charge in [-0.05, 0) is 6.07 Å². The molecule has 0 saturated carbocycles.